The molecule has 0 aliphatic carbocycles. The number of hydrogen-bond donors (Lipinski definition) is 2. The number of hydrogen-bond acceptors (Lipinski definition) is 2. The summed E-state index contributed by atoms with van der Waals surface area (Å²) < 4.78 is 0. The molecular formula is C9H16O2. The fourth-order valence-electron chi connectivity index (χ4n) is 0.827. The zero-order chi connectivity index (χ0) is 8.69. The van der Waals surface area contributed by atoms with Crippen LogP contribution in [0.5, 0.6) is 0 Å². The van der Waals surface area contributed by atoms with Crippen molar-refractivity contribution in [2.45, 2.75) is 44.8 Å². The molecule has 0 bridgehead atoms. The Balaban J connectivity index is 3.31. The van der Waals surface area contributed by atoms with Crippen molar-refractivity contribution in [3.63, 3.8) is 0 Å². The molecule has 0 aromatic rings. The highest BCUT2D eigenvalue weighted by atomic mass is 16.3. The number of rotatable bonds is 5. The van der Waals surface area contributed by atoms with Gasteiger partial charge in [-0.25, -0.2) is 0 Å². The summed E-state index contributed by atoms with van der Waals surface area (Å²) in [5, 5.41) is 18.3. The Hall–Kier alpha value is -0.520. The first-order valence-corrected chi connectivity index (χ1v) is 4.00. The fourth-order valence-corrected chi connectivity index (χ4v) is 0.827. The quantitative estimate of drug-likeness (QED) is 0.581. The highest BCUT2D eigenvalue weighted by Crippen LogP contribution is 2.06. The van der Waals surface area contributed by atoms with E-state index in [9.17, 15) is 0 Å². The van der Waals surface area contributed by atoms with E-state index in [-0.39, 0.29) is 6.10 Å². The van der Waals surface area contributed by atoms with Gasteiger partial charge in [-0.1, -0.05) is 6.92 Å². The van der Waals surface area contributed by atoms with E-state index in [1.54, 1.807) is 0 Å². The molecular weight excluding hydrogens is 140 g/mol. The summed E-state index contributed by atoms with van der Waals surface area (Å²) in [5.74, 6) is 2.38. The van der Waals surface area contributed by atoms with Gasteiger partial charge in [-0.2, -0.15) is 0 Å². The molecule has 2 unspecified atom stereocenters. The van der Waals surface area contributed by atoms with Crippen molar-refractivity contribution in [3.05, 3.63) is 0 Å². The van der Waals surface area contributed by atoms with Crippen molar-refractivity contribution in [2.24, 2.45) is 0 Å². The van der Waals surface area contributed by atoms with E-state index in [2.05, 4.69) is 5.92 Å². The van der Waals surface area contributed by atoms with Gasteiger partial charge in [-0.3, -0.25) is 0 Å². The van der Waals surface area contributed by atoms with Gasteiger partial charge in [0, 0.05) is 6.42 Å². The average molecular weight is 156 g/mol. The van der Waals surface area contributed by atoms with Crippen LogP contribution in [0.2, 0.25) is 0 Å². The molecule has 2 atom stereocenters. The van der Waals surface area contributed by atoms with Crippen molar-refractivity contribution >= 4 is 0 Å². The maximum absolute atomic E-state index is 9.14. The molecule has 0 saturated carbocycles. The Morgan fingerprint density at radius 3 is 2.27 bits per heavy atom. The maximum atomic E-state index is 9.14. The Morgan fingerprint density at radius 1 is 1.27 bits per heavy atom. The fraction of sp³-hybridized carbons (Fsp3) is 0.778. The van der Waals surface area contributed by atoms with Crippen molar-refractivity contribution in [3.8, 4) is 12.3 Å². The predicted molar refractivity (Wildman–Crippen MR) is 45.0 cm³/mol. The normalized spacial score (nSPS) is 15.5. The summed E-state index contributed by atoms with van der Waals surface area (Å²) >= 11 is 0. The maximum Gasteiger partial charge on any atom is 0.0650 e. The first-order chi connectivity index (χ1) is 5.20. The molecule has 2 heteroatoms. The zero-order valence-corrected chi connectivity index (χ0v) is 6.95. The van der Waals surface area contributed by atoms with Gasteiger partial charge in [0.2, 0.25) is 0 Å². The molecule has 0 amide bonds. The minimum absolute atomic E-state index is 0.289. The Morgan fingerprint density at radius 2 is 1.82 bits per heavy atom. The standard InChI is InChI=1S/C9H16O2/c1-3-5-9(11)7-6-8(10)4-2/h1,8-11H,4-7H2,2H3. The summed E-state index contributed by atoms with van der Waals surface area (Å²) in [7, 11) is 0. The van der Waals surface area contributed by atoms with Crippen LogP contribution in [0.15, 0.2) is 0 Å². The van der Waals surface area contributed by atoms with Gasteiger partial charge in [-0.15, -0.1) is 12.3 Å². The van der Waals surface area contributed by atoms with Gasteiger partial charge in [0.25, 0.3) is 0 Å². The molecule has 0 saturated heterocycles. The summed E-state index contributed by atoms with van der Waals surface area (Å²) in [6.45, 7) is 1.91. The number of aliphatic hydroxyl groups is 2. The molecule has 2 N–H and O–H groups in total. The van der Waals surface area contributed by atoms with Gasteiger partial charge < -0.3 is 10.2 Å². The van der Waals surface area contributed by atoms with Gasteiger partial charge in [0.1, 0.15) is 0 Å². The monoisotopic (exact) mass is 156 g/mol. The molecule has 11 heavy (non-hydrogen) atoms. The second-order valence-corrected chi connectivity index (χ2v) is 2.70. The summed E-state index contributed by atoms with van der Waals surface area (Å²) in [6, 6.07) is 0. The predicted octanol–water partition coefficient (Wildman–Crippen LogP) is 0.922. The SMILES string of the molecule is C#CCC(O)CCC(O)CC. The third-order valence-corrected chi connectivity index (χ3v) is 1.66. The average Bonchev–Trinajstić information content (AvgIpc) is 2.01. The summed E-state index contributed by atoms with van der Waals surface area (Å²) in [5.41, 5.74) is 0. The van der Waals surface area contributed by atoms with Crippen LogP contribution in [0.25, 0.3) is 0 Å². The van der Waals surface area contributed by atoms with Crippen molar-refractivity contribution in [1.82, 2.24) is 0 Å². The van der Waals surface area contributed by atoms with Gasteiger partial charge in [0.15, 0.2) is 0 Å². The number of aliphatic hydroxyl groups excluding tert-OH is 2. The first-order valence-electron chi connectivity index (χ1n) is 4.00. The highest BCUT2D eigenvalue weighted by Gasteiger charge is 2.05. The second-order valence-electron chi connectivity index (χ2n) is 2.70. The van der Waals surface area contributed by atoms with Crippen molar-refractivity contribution in [2.75, 3.05) is 0 Å². The van der Waals surface area contributed by atoms with Crippen LogP contribution in [-0.2, 0) is 0 Å². The zero-order valence-electron chi connectivity index (χ0n) is 6.95. The molecule has 2 nitrogen and oxygen atoms in total. The van der Waals surface area contributed by atoms with E-state index < -0.39 is 6.10 Å². The molecule has 0 radical (unpaired) electrons. The van der Waals surface area contributed by atoms with E-state index in [0.717, 1.165) is 6.42 Å². The summed E-state index contributed by atoms with van der Waals surface area (Å²) in [4.78, 5) is 0. The Labute approximate surface area is 68.2 Å². The van der Waals surface area contributed by atoms with Crippen LogP contribution in [0, 0.1) is 12.3 Å². The smallest absolute Gasteiger partial charge is 0.0650 e. The lowest BCUT2D eigenvalue weighted by atomic mass is 10.1. The molecule has 0 fully saturated rings. The van der Waals surface area contributed by atoms with Crippen LogP contribution in [0.4, 0.5) is 0 Å². The van der Waals surface area contributed by atoms with Crippen molar-refractivity contribution < 1.29 is 10.2 Å². The molecule has 0 rings (SSSR count). The molecule has 0 aliphatic heterocycles. The van der Waals surface area contributed by atoms with Crippen LogP contribution in [0.1, 0.15) is 32.6 Å². The summed E-state index contributed by atoms with van der Waals surface area (Å²) in [6.07, 6.45) is 6.62. The van der Waals surface area contributed by atoms with Gasteiger partial charge in [0.05, 0.1) is 12.2 Å². The van der Waals surface area contributed by atoms with Crippen LogP contribution >= 0.6 is 0 Å². The first kappa shape index (κ1) is 10.5. The minimum Gasteiger partial charge on any atom is -0.393 e. The Kier molecular flexibility index (Phi) is 5.91. The molecule has 64 valence electrons. The molecule has 0 spiro atoms. The third kappa shape index (κ3) is 5.90. The van der Waals surface area contributed by atoms with E-state index in [0.29, 0.717) is 19.3 Å². The lowest BCUT2D eigenvalue weighted by molar-refractivity contribution is 0.114. The molecule has 0 aromatic carbocycles. The van der Waals surface area contributed by atoms with Crippen LogP contribution < -0.4 is 0 Å². The lowest BCUT2D eigenvalue weighted by Crippen LogP contribution is -2.11. The van der Waals surface area contributed by atoms with Crippen molar-refractivity contribution in [1.29, 1.82) is 0 Å². The minimum atomic E-state index is -0.443. The Bertz CT molecular complexity index is 126. The largest absolute Gasteiger partial charge is 0.393 e. The highest BCUT2D eigenvalue weighted by molar-refractivity contribution is 4.86. The topological polar surface area (TPSA) is 40.5 Å². The number of terminal acetylenes is 1. The molecule has 0 heterocycles. The van der Waals surface area contributed by atoms with E-state index in [4.69, 9.17) is 16.6 Å². The molecule has 0 aromatic heterocycles. The van der Waals surface area contributed by atoms with E-state index >= 15 is 0 Å². The third-order valence-electron chi connectivity index (χ3n) is 1.66. The van der Waals surface area contributed by atoms with Crippen LogP contribution in [-0.4, -0.2) is 22.4 Å². The van der Waals surface area contributed by atoms with E-state index in [1.807, 2.05) is 6.92 Å². The van der Waals surface area contributed by atoms with Gasteiger partial charge in [-0.05, 0) is 19.3 Å². The molecule has 0 aliphatic rings. The van der Waals surface area contributed by atoms with E-state index in [1.165, 1.54) is 0 Å². The second kappa shape index (κ2) is 6.21. The lowest BCUT2D eigenvalue weighted by Gasteiger charge is -2.09. The van der Waals surface area contributed by atoms with Crippen LogP contribution in [0.3, 0.4) is 0 Å². The van der Waals surface area contributed by atoms with Gasteiger partial charge >= 0.3 is 0 Å².